The van der Waals surface area contributed by atoms with Gasteiger partial charge in [0.1, 0.15) is 0 Å². The van der Waals surface area contributed by atoms with E-state index >= 15 is 0 Å². The minimum absolute atomic E-state index is 0.497. The van der Waals surface area contributed by atoms with Gasteiger partial charge < -0.3 is 5.32 Å². The van der Waals surface area contributed by atoms with Gasteiger partial charge in [-0.2, -0.15) is 0 Å². The summed E-state index contributed by atoms with van der Waals surface area (Å²) in [6.07, 6.45) is 3.49. The number of nitrogens with one attached hydrogen (secondary N) is 1. The summed E-state index contributed by atoms with van der Waals surface area (Å²) in [4.78, 5) is 1.51. The zero-order valence-electron chi connectivity index (χ0n) is 12.8. The van der Waals surface area contributed by atoms with Crippen molar-refractivity contribution in [3.05, 3.63) is 57.3 Å². The first kappa shape index (κ1) is 15.3. The average Bonchev–Trinajstić information content (AvgIpc) is 2.87. The van der Waals surface area contributed by atoms with Gasteiger partial charge in [0.05, 0.1) is 0 Å². The molecular formula is C18H25NS. The maximum absolute atomic E-state index is 3.70. The van der Waals surface area contributed by atoms with Crippen LogP contribution in [0, 0.1) is 13.8 Å². The molecule has 2 heteroatoms. The van der Waals surface area contributed by atoms with Crippen molar-refractivity contribution >= 4 is 11.3 Å². The molecule has 1 N–H and O–H groups in total. The van der Waals surface area contributed by atoms with Crippen LogP contribution in [0.5, 0.6) is 0 Å². The fourth-order valence-electron chi connectivity index (χ4n) is 2.45. The van der Waals surface area contributed by atoms with Crippen LogP contribution in [-0.2, 0) is 6.42 Å². The smallest absolute Gasteiger partial charge is 0.0420 e. The first-order valence-electron chi connectivity index (χ1n) is 7.53. The zero-order valence-corrected chi connectivity index (χ0v) is 13.6. The molecule has 0 fully saturated rings. The van der Waals surface area contributed by atoms with Crippen LogP contribution in [0.15, 0.2) is 35.7 Å². The van der Waals surface area contributed by atoms with E-state index in [0.29, 0.717) is 6.04 Å². The predicted molar refractivity (Wildman–Crippen MR) is 89.6 cm³/mol. The highest BCUT2D eigenvalue weighted by Crippen LogP contribution is 2.27. The third-order valence-electron chi connectivity index (χ3n) is 3.70. The lowest BCUT2D eigenvalue weighted by molar-refractivity contribution is 0.504. The monoisotopic (exact) mass is 287 g/mol. The molecule has 1 aromatic heterocycles. The molecule has 20 heavy (non-hydrogen) atoms. The Morgan fingerprint density at radius 3 is 2.45 bits per heavy atom. The minimum Gasteiger partial charge on any atom is -0.309 e. The van der Waals surface area contributed by atoms with E-state index in [1.54, 1.807) is 0 Å². The predicted octanol–water partition coefficient (Wildman–Crippen LogP) is 5.04. The van der Waals surface area contributed by atoms with Gasteiger partial charge in [-0.3, -0.25) is 0 Å². The SMILES string of the molecule is CCCNC(CCc1ccc(C)cc1)c1sccc1C. The van der Waals surface area contributed by atoms with Gasteiger partial charge in [-0.1, -0.05) is 36.8 Å². The highest BCUT2D eigenvalue weighted by atomic mass is 32.1. The Kier molecular flexibility index (Phi) is 5.81. The van der Waals surface area contributed by atoms with Crippen LogP contribution in [0.2, 0.25) is 0 Å². The molecule has 0 radical (unpaired) electrons. The van der Waals surface area contributed by atoms with Crippen LogP contribution in [0.1, 0.15) is 47.4 Å². The van der Waals surface area contributed by atoms with Crippen molar-refractivity contribution in [1.82, 2.24) is 5.32 Å². The number of rotatable bonds is 7. The fraction of sp³-hybridized carbons (Fsp3) is 0.444. The minimum atomic E-state index is 0.497. The second-order valence-electron chi connectivity index (χ2n) is 5.50. The molecule has 0 bridgehead atoms. The summed E-state index contributed by atoms with van der Waals surface area (Å²) in [6, 6.07) is 11.7. The Labute approximate surface area is 127 Å². The molecule has 0 aliphatic rings. The number of aryl methyl sites for hydroxylation is 3. The topological polar surface area (TPSA) is 12.0 Å². The number of thiophene rings is 1. The lowest BCUT2D eigenvalue weighted by Gasteiger charge is -2.18. The molecule has 0 aliphatic carbocycles. The third kappa shape index (κ3) is 4.19. The molecule has 1 atom stereocenters. The number of hydrogen-bond acceptors (Lipinski definition) is 2. The lowest BCUT2D eigenvalue weighted by Crippen LogP contribution is -2.22. The first-order chi connectivity index (χ1) is 9.70. The zero-order chi connectivity index (χ0) is 14.4. The van der Waals surface area contributed by atoms with Crippen LogP contribution >= 0.6 is 11.3 Å². The lowest BCUT2D eigenvalue weighted by atomic mass is 10.0. The molecule has 1 unspecified atom stereocenters. The summed E-state index contributed by atoms with van der Waals surface area (Å²) >= 11 is 1.88. The van der Waals surface area contributed by atoms with Crippen molar-refractivity contribution < 1.29 is 0 Å². The van der Waals surface area contributed by atoms with Gasteiger partial charge in [-0.15, -0.1) is 11.3 Å². The van der Waals surface area contributed by atoms with Crippen molar-refractivity contribution in [2.24, 2.45) is 0 Å². The molecule has 2 aromatic rings. The summed E-state index contributed by atoms with van der Waals surface area (Å²) in [7, 11) is 0. The van der Waals surface area contributed by atoms with E-state index in [2.05, 4.69) is 61.8 Å². The summed E-state index contributed by atoms with van der Waals surface area (Å²) in [5.41, 5.74) is 4.20. The van der Waals surface area contributed by atoms with Crippen molar-refractivity contribution in [3.63, 3.8) is 0 Å². The Morgan fingerprint density at radius 2 is 1.85 bits per heavy atom. The summed E-state index contributed by atoms with van der Waals surface area (Å²) in [6.45, 7) is 7.68. The molecule has 1 heterocycles. The van der Waals surface area contributed by atoms with E-state index in [4.69, 9.17) is 0 Å². The van der Waals surface area contributed by atoms with Gasteiger partial charge in [0, 0.05) is 10.9 Å². The van der Waals surface area contributed by atoms with E-state index in [-0.39, 0.29) is 0 Å². The van der Waals surface area contributed by atoms with E-state index < -0.39 is 0 Å². The summed E-state index contributed by atoms with van der Waals surface area (Å²) in [5.74, 6) is 0. The number of hydrogen-bond donors (Lipinski definition) is 1. The van der Waals surface area contributed by atoms with Crippen molar-refractivity contribution in [2.75, 3.05) is 6.54 Å². The second-order valence-corrected chi connectivity index (χ2v) is 6.45. The van der Waals surface area contributed by atoms with E-state index in [1.807, 2.05) is 11.3 Å². The molecule has 0 saturated carbocycles. The highest BCUT2D eigenvalue weighted by Gasteiger charge is 2.14. The van der Waals surface area contributed by atoms with Crippen molar-refractivity contribution in [1.29, 1.82) is 0 Å². The van der Waals surface area contributed by atoms with Crippen LogP contribution in [0.4, 0.5) is 0 Å². The molecule has 0 aliphatic heterocycles. The quantitative estimate of drug-likeness (QED) is 0.752. The first-order valence-corrected chi connectivity index (χ1v) is 8.41. The van der Waals surface area contributed by atoms with Crippen LogP contribution in [0.25, 0.3) is 0 Å². The van der Waals surface area contributed by atoms with Gasteiger partial charge in [0.15, 0.2) is 0 Å². The summed E-state index contributed by atoms with van der Waals surface area (Å²) in [5, 5.41) is 5.91. The van der Waals surface area contributed by atoms with Gasteiger partial charge in [-0.05, 0) is 62.2 Å². The Bertz CT molecular complexity index is 512. The van der Waals surface area contributed by atoms with Gasteiger partial charge in [0.25, 0.3) is 0 Å². The van der Waals surface area contributed by atoms with Crippen molar-refractivity contribution in [2.45, 2.75) is 46.1 Å². The molecular weight excluding hydrogens is 262 g/mol. The molecule has 0 spiro atoms. The van der Waals surface area contributed by atoms with Gasteiger partial charge >= 0.3 is 0 Å². The van der Waals surface area contributed by atoms with E-state index in [1.165, 1.54) is 34.4 Å². The number of benzene rings is 1. The van der Waals surface area contributed by atoms with Crippen LogP contribution < -0.4 is 5.32 Å². The van der Waals surface area contributed by atoms with Crippen LogP contribution in [-0.4, -0.2) is 6.54 Å². The Balaban J connectivity index is 2.01. The molecule has 2 rings (SSSR count). The Morgan fingerprint density at radius 1 is 1.10 bits per heavy atom. The molecule has 0 amide bonds. The fourth-order valence-corrected chi connectivity index (χ4v) is 3.49. The summed E-state index contributed by atoms with van der Waals surface area (Å²) < 4.78 is 0. The maximum atomic E-state index is 3.70. The van der Waals surface area contributed by atoms with Gasteiger partial charge in [-0.25, -0.2) is 0 Å². The standard InChI is InChI=1S/C18H25NS/c1-4-12-19-17(18-15(3)11-13-20-18)10-9-16-7-5-14(2)6-8-16/h5-8,11,13,17,19H,4,9-10,12H2,1-3H3. The maximum Gasteiger partial charge on any atom is 0.0420 e. The van der Waals surface area contributed by atoms with Crippen molar-refractivity contribution in [3.8, 4) is 0 Å². The third-order valence-corrected chi connectivity index (χ3v) is 4.83. The molecule has 1 aromatic carbocycles. The van der Waals surface area contributed by atoms with E-state index in [0.717, 1.165) is 13.0 Å². The van der Waals surface area contributed by atoms with Crippen LogP contribution in [0.3, 0.4) is 0 Å². The van der Waals surface area contributed by atoms with Gasteiger partial charge in [0.2, 0.25) is 0 Å². The molecule has 1 nitrogen and oxygen atoms in total. The second kappa shape index (κ2) is 7.61. The largest absolute Gasteiger partial charge is 0.309 e. The highest BCUT2D eigenvalue weighted by molar-refractivity contribution is 7.10. The van der Waals surface area contributed by atoms with E-state index in [9.17, 15) is 0 Å². The Hall–Kier alpha value is -1.12. The normalized spacial score (nSPS) is 12.6. The average molecular weight is 287 g/mol. The molecule has 108 valence electrons. The molecule has 0 saturated heterocycles.